The Morgan fingerprint density at radius 1 is 1.00 bits per heavy atom. The summed E-state index contributed by atoms with van der Waals surface area (Å²) in [6.07, 6.45) is 5.29. The van der Waals surface area contributed by atoms with Crippen LogP contribution >= 0.6 is 0 Å². The van der Waals surface area contributed by atoms with E-state index in [4.69, 9.17) is 9.72 Å². The van der Waals surface area contributed by atoms with Crippen molar-refractivity contribution in [1.29, 1.82) is 0 Å². The number of nitrogens with zero attached hydrogens (tertiary/aromatic N) is 2. The van der Waals surface area contributed by atoms with Gasteiger partial charge < -0.3 is 9.30 Å². The molecule has 3 nitrogen and oxygen atoms in total. The molecule has 0 amide bonds. The molecule has 4 rings (SSSR count). The van der Waals surface area contributed by atoms with E-state index in [0.29, 0.717) is 0 Å². The van der Waals surface area contributed by atoms with Crippen molar-refractivity contribution in [2.75, 3.05) is 7.11 Å². The molecule has 0 saturated heterocycles. The first-order valence-corrected chi connectivity index (χ1v) is 9.29. The van der Waals surface area contributed by atoms with Gasteiger partial charge in [0.05, 0.1) is 24.5 Å². The first kappa shape index (κ1) is 16.6. The zero-order valence-corrected chi connectivity index (χ0v) is 15.4. The number of benzene rings is 3. The fourth-order valence-electron chi connectivity index (χ4n) is 3.69. The van der Waals surface area contributed by atoms with Gasteiger partial charge in [-0.1, -0.05) is 55.8 Å². The molecular weight excluding hydrogens is 320 g/mol. The van der Waals surface area contributed by atoms with Crippen LogP contribution in [0.2, 0.25) is 0 Å². The van der Waals surface area contributed by atoms with Crippen molar-refractivity contribution in [2.45, 2.75) is 32.7 Å². The maximum absolute atomic E-state index is 5.67. The molecule has 0 unspecified atom stereocenters. The molecular formula is C23H24N2O. The smallest absolute Gasteiger partial charge is 0.122 e. The molecule has 0 bridgehead atoms. The highest BCUT2D eigenvalue weighted by atomic mass is 16.5. The monoisotopic (exact) mass is 344 g/mol. The van der Waals surface area contributed by atoms with E-state index in [2.05, 4.69) is 66.1 Å². The molecule has 3 heteroatoms. The normalized spacial score (nSPS) is 11.3. The number of unbranched alkanes of at least 4 members (excludes halogenated alkanes) is 1. The molecule has 132 valence electrons. The molecule has 0 N–H and O–H groups in total. The van der Waals surface area contributed by atoms with E-state index in [0.717, 1.165) is 37.1 Å². The maximum atomic E-state index is 5.67. The van der Waals surface area contributed by atoms with Crippen LogP contribution in [0.15, 0.2) is 60.9 Å². The highest BCUT2D eigenvalue weighted by molar-refractivity contribution is 6.07. The zero-order chi connectivity index (χ0) is 17.9. The van der Waals surface area contributed by atoms with Gasteiger partial charge in [0.15, 0.2) is 0 Å². The summed E-state index contributed by atoms with van der Waals surface area (Å²) in [5.74, 6) is 0.969. The second kappa shape index (κ2) is 7.20. The first-order valence-electron chi connectivity index (χ1n) is 9.29. The van der Waals surface area contributed by atoms with Crippen LogP contribution in [0, 0.1) is 0 Å². The highest BCUT2D eigenvalue weighted by Crippen LogP contribution is 2.34. The molecule has 0 fully saturated rings. The standard InChI is InChI=1S/C23H24N2O/c1-3-4-10-19-21(26-2)14-12-18-11-13-20-23(22(18)19)24-16-25(20)15-17-8-6-5-7-9-17/h5-9,11-14,16H,3-4,10,15H2,1-2H3. The number of hydrogen-bond donors (Lipinski definition) is 0. The van der Waals surface area contributed by atoms with Crippen molar-refractivity contribution in [3.05, 3.63) is 72.1 Å². The van der Waals surface area contributed by atoms with Crippen molar-refractivity contribution in [3.63, 3.8) is 0 Å². The van der Waals surface area contributed by atoms with Crippen molar-refractivity contribution in [2.24, 2.45) is 0 Å². The molecule has 3 aromatic carbocycles. The molecule has 0 aliphatic carbocycles. The van der Waals surface area contributed by atoms with E-state index in [1.54, 1.807) is 7.11 Å². The minimum absolute atomic E-state index is 0.830. The summed E-state index contributed by atoms with van der Waals surface area (Å²) in [5.41, 5.74) is 4.81. The van der Waals surface area contributed by atoms with Crippen molar-refractivity contribution >= 4 is 21.8 Å². The number of ether oxygens (including phenoxy) is 1. The molecule has 4 aromatic rings. The molecule has 0 spiro atoms. The predicted octanol–water partition coefficient (Wildman–Crippen LogP) is 5.59. The average Bonchev–Trinajstić information content (AvgIpc) is 3.09. The lowest BCUT2D eigenvalue weighted by molar-refractivity contribution is 0.410. The number of aryl methyl sites for hydroxylation is 1. The van der Waals surface area contributed by atoms with Gasteiger partial charge in [-0.3, -0.25) is 0 Å². The van der Waals surface area contributed by atoms with Crippen LogP contribution in [-0.2, 0) is 13.0 Å². The van der Waals surface area contributed by atoms with Crippen LogP contribution in [0.3, 0.4) is 0 Å². The minimum Gasteiger partial charge on any atom is -0.496 e. The third kappa shape index (κ3) is 2.94. The van der Waals surface area contributed by atoms with E-state index < -0.39 is 0 Å². The number of fused-ring (bicyclic) bond motifs is 3. The van der Waals surface area contributed by atoms with E-state index in [9.17, 15) is 0 Å². The fraction of sp³-hybridized carbons (Fsp3) is 0.261. The van der Waals surface area contributed by atoms with Crippen molar-refractivity contribution in [3.8, 4) is 5.75 Å². The number of hydrogen-bond acceptors (Lipinski definition) is 2. The Kier molecular flexibility index (Phi) is 4.61. The van der Waals surface area contributed by atoms with Crippen molar-refractivity contribution in [1.82, 2.24) is 9.55 Å². The van der Waals surface area contributed by atoms with Gasteiger partial charge in [0, 0.05) is 17.5 Å². The molecule has 0 radical (unpaired) electrons. The Balaban J connectivity index is 1.88. The lowest BCUT2D eigenvalue weighted by Crippen LogP contribution is -1.98. The lowest BCUT2D eigenvalue weighted by atomic mass is 9.98. The molecule has 1 heterocycles. The van der Waals surface area contributed by atoms with Crippen LogP contribution in [-0.4, -0.2) is 16.7 Å². The van der Waals surface area contributed by atoms with Gasteiger partial charge in [0.25, 0.3) is 0 Å². The van der Waals surface area contributed by atoms with Gasteiger partial charge >= 0.3 is 0 Å². The van der Waals surface area contributed by atoms with Crippen LogP contribution in [0.4, 0.5) is 0 Å². The van der Waals surface area contributed by atoms with Gasteiger partial charge in [0.2, 0.25) is 0 Å². The Labute approximate surface area is 154 Å². The molecule has 0 saturated carbocycles. The number of methoxy groups -OCH3 is 1. The fourth-order valence-corrected chi connectivity index (χ4v) is 3.69. The van der Waals surface area contributed by atoms with E-state index in [-0.39, 0.29) is 0 Å². The van der Waals surface area contributed by atoms with Gasteiger partial charge in [-0.2, -0.15) is 0 Å². The second-order valence-electron chi connectivity index (χ2n) is 6.74. The predicted molar refractivity (Wildman–Crippen MR) is 108 cm³/mol. The highest BCUT2D eigenvalue weighted by Gasteiger charge is 2.14. The minimum atomic E-state index is 0.830. The first-order chi connectivity index (χ1) is 12.8. The third-order valence-electron chi connectivity index (χ3n) is 5.03. The molecule has 0 aliphatic heterocycles. The SMILES string of the molecule is CCCCc1c(OC)ccc2ccc3c(ncn3Cc3ccccc3)c12. The summed E-state index contributed by atoms with van der Waals surface area (Å²) >= 11 is 0. The van der Waals surface area contributed by atoms with Gasteiger partial charge in [-0.05, 0) is 35.9 Å². The largest absolute Gasteiger partial charge is 0.496 e. The van der Waals surface area contributed by atoms with Crippen molar-refractivity contribution < 1.29 is 4.74 Å². The Morgan fingerprint density at radius 3 is 2.58 bits per heavy atom. The Morgan fingerprint density at radius 2 is 1.81 bits per heavy atom. The molecule has 26 heavy (non-hydrogen) atoms. The molecule has 0 atom stereocenters. The quantitative estimate of drug-likeness (QED) is 0.456. The summed E-state index contributed by atoms with van der Waals surface area (Å²) in [6, 6.07) is 19.1. The lowest BCUT2D eigenvalue weighted by Gasteiger charge is -2.13. The number of rotatable bonds is 6. The summed E-state index contributed by atoms with van der Waals surface area (Å²) in [5, 5.41) is 2.47. The summed E-state index contributed by atoms with van der Waals surface area (Å²) in [6.45, 7) is 3.05. The van der Waals surface area contributed by atoms with E-state index in [1.165, 1.54) is 27.4 Å². The topological polar surface area (TPSA) is 27.1 Å². The van der Waals surface area contributed by atoms with E-state index in [1.807, 2.05) is 6.33 Å². The van der Waals surface area contributed by atoms with Gasteiger partial charge in [0.1, 0.15) is 5.75 Å². The molecule has 1 aromatic heterocycles. The van der Waals surface area contributed by atoms with Crippen LogP contribution in [0.5, 0.6) is 5.75 Å². The zero-order valence-electron chi connectivity index (χ0n) is 15.4. The Bertz CT molecular complexity index is 1030. The number of aromatic nitrogens is 2. The molecule has 0 aliphatic rings. The second-order valence-corrected chi connectivity index (χ2v) is 6.74. The number of imidazole rings is 1. The van der Waals surface area contributed by atoms with Gasteiger partial charge in [-0.25, -0.2) is 4.98 Å². The van der Waals surface area contributed by atoms with Crippen LogP contribution in [0.25, 0.3) is 21.8 Å². The van der Waals surface area contributed by atoms with Gasteiger partial charge in [-0.15, -0.1) is 0 Å². The Hall–Kier alpha value is -2.81. The maximum Gasteiger partial charge on any atom is 0.122 e. The summed E-state index contributed by atoms with van der Waals surface area (Å²) < 4.78 is 7.90. The summed E-state index contributed by atoms with van der Waals surface area (Å²) in [4.78, 5) is 4.79. The average molecular weight is 344 g/mol. The summed E-state index contributed by atoms with van der Waals surface area (Å²) in [7, 11) is 1.75. The van der Waals surface area contributed by atoms with Crippen LogP contribution in [0.1, 0.15) is 30.9 Å². The van der Waals surface area contributed by atoms with E-state index >= 15 is 0 Å². The van der Waals surface area contributed by atoms with Crippen LogP contribution < -0.4 is 4.74 Å². The third-order valence-corrected chi connectivity index (χ3v) is 5.03.